The van der Waals surface area contributed by atoms with Gasteiger partial charge in [-0.15, -0.1) is 0 Å². The molecule has 1 rings (SSSR count). The Morgan fingerprint density at radius 1 is 1.70 bits per heavy atom. The summed E-state index contributed by atoms with van der Waals surface area (Å²) in [6, 6.07) is 0.0522. The minimum absolute atomic E-state index is 0.0522. The molecule has 1 aliphatic rings. The lowest BCUT2D eigenvalue weighted by atomic mass is 10.2. The number of carbonyl (C=O) groups is 1. The lowest BCUT2D eigenvalue weighted by Crippen LogP contribution is -2.48. The zero-order chi connectivity index (χ0) is 7.56. The van der Waals surface area contributed by atoms with Gasteiger partial charge in [-0.2, -0.15) is 0 Å². The number of nitrogens with one attached hydrogen (secondary N) is 1. The van der Waals surface area contributed by atoms with Crippen molar-refractivity contribution in [2.24, 2.45) is 0 Å². The maximum Gasteiger partial charge on any atom is 0.285 e. The third-order valence-corrected chi connectivity index (χ3v) is 1.24. The summed E-state index contributed by atoms with van der Waals surface area (Å²) in [5.41, 5.74) is 0. The van der Waals surface area contributed by atoms with E-state index >= 15 is 0 Å². The fourth-order valence-corrected chi connectivity index (χ4v) is 0.588. The Morgan fingerprint density at radius 2 is 2.30 bits per heavy atom. The van der Waals surface area contributed by atoms with Gasteiger partial charge in [0.25, 0.3) is 5.91 Å². The maximum absolute atomic E-state index is 10.6. The van der Waals surface area contributed by atoms with Crippen LogP contribution in [0.4, 0.5) is 0 Å². The van der Waals surface area contributed by atoms with E-state index in [1.165, 1.54) is 0 Å². The molecule has 1 aliphatic heterocycles. The van der Waals surface area contributed by atoms with Gasteiger partial charge in [-0.05, 0) is 0 Å². The molecule has 1 fully saturated rings. The van der Waals surface area contributed by atoms with Gasteiger partial charge in [0.05, 0.1) is 19.3 Å². The normalized spacial score (nSPS) is 17.6. The lowest BCUT2D eigenvalue weighted by Gasteiger charge is -2.26. The second kappa shape index (κ2) is 2.70. The average molecular weight is 143 g/mol. The molecule has 1 saturated heterocycles. The number of aliphatic hydroxyl groups excluding tert-OH is 1. The van der Waals surface area contributed by atoms with Gasteiger partial charge in [-0.3, -0.25) is 4.79 Å². The Hall–Kier alpha value is -1.03. The molecule has 0 aromatic carbocycles. The molecule has 1 amide bonds. The van der Waals surface area contributed by atoms with Crippen molar-refractivity contribution in [3.8, 4) is 0 Å². The molecule has 1 heterocycles. The highest BCUT2D eigenvalue weighted by Crippen LogP contribution is 1.99. The number of hydrogen-bond acceptors (Lipinski definition) is 3. The number of aliphatic hydroxyl groups is 1. The van der Waals surface area contributed by atoms with E-state index < -0.39 is 11.7 Å². The lowest BCUT2D eigenvalue weighted by molar-refractivity contribution is -0.124. The topological polar surface area (TPSA) is 58.6 Å². The number of carbonyl (C=O) groups excluding carboxylic acids is 1. The Balaban J connectivity index is 2.23. The summed E-state index contributed by atoms with van der Waals surface area (Å²) in [6.07, 6.45) is 0. The van der Waals surface area contributed by atoms with Crippen LogP contribution in [-0.2, 0) is 9.53 Å². The van der Waals surface area contributed by atoms with Gasteiger partial charge in [-0.1, -0.05) is 6.58 Å². The molecule has 0 radical (unpaired) electrons. The number of hydrogen-bond donors (Lipinski definition) is 2. The first kappa shape index (κ1) is 7.08. The van der Waals surface area contributed by atoms with Gasteiger partial charge in [0.2, 0.25) is 0 Å². The molecule has 2 N–H and O–H groups in total. The first-order valence-electron chi connectivity index (χ1n) is 2.96. The van der Waals surface area contributed by atoms with Crippen LogP contribution in [0.3, 0.4) is 0 Å². The summed E-state index contributed by atoms with van der Waals surface area (Å²) in [6.45, 7) is 4.12. The summed E-state index contributed by atoms with van der Waals surface area (Å²) in [5, 5.41) is 11.0. The molecule has 0 bridgehead atoms. The largest absolute Gasteiger partial charge is 0.503 e. The van der Waals surface area contributed by atoms with Crippen LogP contribution in [0.5, 0.6) is 0 Å². The molecule has 4 nitrogen and oxygen atoms in total. The van der Waals surface area contributed by atoms with Gasteiger partial charge in [0, 0.05) is 0 Å². The molecule has 4 heteroatoms. The zero-order valence-electron chi connectivity index (χ0n) is 5.46. The highest BCUT2D eigenvalue weighted by atomic mass is 16.5. The van der Waals surface area contributed by atoms with Crippen molar-refractivity contribution in [1.82, 2.24) is 5.32 Å². The van der Waals surface area contributed by atoms with E-state index in [0.29, 0.717) is 13.2 Å². The number of rotatable bonds is 2. The van der Waals surface area contributed by atoms with Crippen LogP contribution in [0.2, 0.25) is 0 Å². The van der Waals surface area contributed by atoms with E-state index in [0.717, 1.165) is 0 Å². The van der Waals surface area contributed by atoms with Crippen LogP contribution in [0.1, 0.15) is 0 Å². The molecule has 0 unspecified atom stereocenters. The summed E-state index contributed by atoms with van der Waals surface area (Å²) >= 11 is 0. The highest BCUT2D eigenvalue weighted by Gasteiger charge is 2.20. The first-order chi connectivity index (χ1) is 4.70. The van der Waals surface area contributed by atoms with Crippen LogP contribution in [0.15, 0.2) is 12.3 Å². The Kier molecular flexibility index (Phi) is 1.91. The number of amides is 1. The van der Waals surface area contributed by atoms with Crippen molar-refractivity contribution >= 4 is 5.91 Å². The van der Waals surface area contributed by atoms with E-state index in [9.17, 15) is 4.79 Å². The second-order valence-corrected chi connectivity index (χ2v) is 2.15. The number of ether oxygens (including phenoxy) is 1. The van der Waals surface area contributed by atoms with Crippen LogP contribution in [0.25, 0.3) is 0 Å². The SMILES string of the molecule is C=C(O)C(=O)NC1COC1. The molecular weight excluding hydrogens is 134 g/mol. The van der Waals surface area contributed by atoms with E-state index in [4.69, 9.17) is 9.84 Å². The molecule has 0 spiro atoms. The minimum Gasteiger partial charge on any atom is -0.503 e. The monoisotopic (exact) mass is 143 g/mol. The fraction of sp³-hybridized carbons (Fsp3) is 0.500. The standard InChI is InChI=1S/C6H9NO3/c1-4(8)6(9)7-5-2-10-3-5/h5,8H,1-3H2,(H,7,9). The summed E-state index contributed by atoms with van der Waals surface area (Å²) in [7, 11) is 0. The first-order valence-corrected chi connectivity index (χ1v) is 2.96. The van der Waals surface area contributed by atoms with Crippen LogP contribution >= 0.6 is 0 Å². The molecule has 0 aromatic heterocycles. The zero-order valence-corrected chi connectivity index (χ0v) is 5.46. The molecule has 0 saturated carbocycles. The molecular formula is C6H9NO3. The van der Waals surface area contributed by atoms with E-state index in [2.05, 4.69) is 11.9 Å². The summed E-state index contributed by atoms with van der Waals surface area (Å²) in [4.78, 5) is 10.6. The highest BCUT2D eigenvalue weighted by molar-refractivity contribution is 5.90. The predicted octanol–water partition coefficient (Wildman–Crippen LogP) is -0.427. The molecule has 10 heavy (non-hydrogen) atoms. The van der Waals surface area contributed by atoms with Gasteiger partial charge in [-0.25, -0.2) is 0 Å². The Morgan fingerprint density at radius 3 is 2.60 bits per heavy atom. The van der Waals surface area contributed by atoms with Gasteiger partial charge < -0.3 is 15.2 Å². The Labute approximate surface area is 58.5 Å². The van der Waals surface area contributed by atoms with E-state index in [-0.39, 0.29) is 6.04 Å². The fourth-order valence-electron chi connectivity index (χ4n) is 0.588. The molecule has 56 valence electrons. The van der Waals surface area contributed by atoms with Gasteiger partial charge >= 0.3 is 0 Å². The minimum atomic E-state index is -0.520. The van der Waals surface area contributed by atoms with Crippen LogP contribution in [0, 0.1) is 0 Å². The van der Waals surface area contributed by atoms with Crippen LogP contribution in [-0.4, -0.2) is 30.3 Å². The Bertz CT molecular complexity index is 162. The molecule has 0 atom stereocenters. The van der Waals surface area contributed by atoms with E-state index in [1.807, 2.05) is 0 Å². The summed E-state index contributed by atoms with van der Waals surface area (Å²) in [5.74, 6) is -0.972. The second-order valence-electron chi connectivity index (χ2n) is 2.15. The van der Waals surface area contributed by atoms with Crippen LogP contribution < -0.4 is 5.32 Å². The van der Waals surface area contributed by atoms with Gasteiger partial charge in [0.15, 0.2) is 5.76 Å². The van der Waals surface area contributed by atoms with Crippen molar-refractivity contribution in [3.63, 3.8) is 0 Å². The van der Waals surface area contributed by atoms with Gasteiger partial charge in [0.1, 0.15) is 0 Å². The van der Waals surface area contributed by atoms with Crippen molar-refractivity contribution < 1.29 is 14.6 Å². The average Bonchev–Trinajstić information content (AvgIpc) is 1.77. The maximum atomic E-state index is 10.6. The van der Waals surface area contributed by atoms with Crippen molar-refractivity contribution in [1.29, 1.82) is 0 Å². The smallest absolute Gasteiger partial charge is 0.285 e. The third-order valence-electron chi connectivity index (χ3n) is 1.24. The molecule has 0 aromatic rings. The van der Waals surface area contributed by atoms with Crippen molar-refractivity contribution in [2.75, 3.05) is 13.2 Å². The quantitative estimate of drug-likeness (QED) is 0.407. The van der Waals surface area contributed by atoms with E-state index in [1.54, 1.807) is 0 Å². The predicted molar refractivity (Wildman–Crippen MR) is 34.5 cm³/mol. The summed E-state index contributed by atoms with van der Waals surface area (Å²) < 4.78 is 4.79. The molecule has 0 aliphatic carbocycles. The third kappa shape index (κ3) is 1.48. The van der Waals surface area contributed by atoms with Crippen molar-refractivity contribution in [3.05, 3.63) is 12.3 Å². The van der Waals surface area contributed by atoms with Crippen molar-refractivity contribution in [2.45, 2.75) is 6.04 Å².